The van der Waals surface area contributed by atoms with Crippen LogP contribution in [0.3, 0.4) is 0 Å². The second-order valence-corrected chi connectivity index (χ2v) is 8.15. The van der Waals surface area contributed by atoms with Crippen molar-refractivity contribution in [2.75, 3.05) is 0 Å². The van der Waals surface area contributed by atoms with E-state index in [-0.39, 0.29) is 23.8 Å². The van der Waals surface area contributed by atoms with Gasteiger partial charge in [-0.1, -0.05) is 54.4 Å². The largest absolute Gasteiger partial charge is 0.490 e. The van der Waals surface area contributed by atoms with Crippen LogP contribution < -0.4 is 4.74 Å². The van der Waals surface area contributed by atoms with Gasteiger partial charge in [0.1, 0.15) is 5.75 Å². The molecule has 2 aromatic carbocycles. The summed E-state index contributed by atoms with van der Waals surface area (Å²) in [6.07, 6.45) is 2.60. The maximum atomic E-state index is 12.8. The predicted octanol–water partition coefficient (Wildman–Crippen LogP) is 6.41. The number of carbonyl (C=O) groups excluding carboxylic acids is 2. The van der Waals surface area contributed by atoms with Gasteiger partial charge in [0, 0.05) is 21.2 Å². The van der Waals surface area contributed by atoms with E-state index >= 15 is 0 Å². The molecule has 1 aliphatic heterocycles. The number of halogens is 2. The van der Waals surface area contributed by atoms with Crippen LogP contribution in [0.4, 0.5) is 4.79 Å². The van der Waals surface area contributed by atoms with E-state index < -0.39 is 0 Å². The standard InChI is InChI=1S/C21H19Cl2NO3S/c1-3-13(2)27-18-10-5-4-7-14(18)11-19-20(25)24(21(26)28-19)12-15-16(22)8-6-9-17(15)23/h4-11,13H,3,12H2,1-2H3/b19-11-/t13-/m1/s1. The molecule has 1 atom stereocenters. The number of ether oxygens (including phenoxy) is 1. The average molecular weight is 436 g/mol. The fourth-order valence-corrected chi connectivity index (χ4v) is 3.97. The van der Waals surface area contributed by atoms with Crippen LogP contribution in [0.2, 0.25) is 10.0 Å². The molecule has 1 saturated heterocycles. The molecule has 1 fully saturated rings. The lowest BCUT2D eigenvalue weighted by atomic mass is 10.1. The molecule has 7 heteroatoms. The molecule has 0 aliphatic carbocycles. The first-order chi connectivity index (χ1) is 13.4. The molecule has 146 valence electrons. The van der Waals surface area contributed by atoms with Crippen LogP contribution in [0.25, 0.3) is 6.08 Å². The molecule has 3 rings (SSSR count). The summed E-state index contributed by atoms with van der Waals surface area (Å²) < 4.78 is 5.92. The number of hydrogen-bond acceptors (Lipinski definition) is 4. The van der Waals surface area contributed by atoms with Crippen LogP contribution in [0.5, 0.6) is 5.75 Å². The summed E-state index contributed by atoms with van der Waals surface area (Å²) in [5, 5.41) is 0.484. The Bertz CT molecular complexity index is 925. The Labute approximate surface area is 178 Å². The Hall–Kier alpha value is -1.95. The van der Waals surface area contributed by atoms with Crippen LogP contribution in [0.1, 0.15) is 31.4 Å². The van der Waals surface area contributed by atoms with Crippen molar-refractivity contribution >= 4 is 52.2 Å². The minimum atomic E-state index is -0.371. The average Bonchev–Trinajstić information content (AvgIpc) is 2.93. The number of benzene rings is 2. The summed E-state index contributed by atoms with van der Waals surface area (Å²) in [4.78, 5) is 26.8. The minimum absolute atomic E-state index is 0.0333. The van der Waals surface area contributed by atoms with E-state index in [9.17, 15) is 9.59 Å². The van der Waals surface area contributed by atoms with E-state index in [2.05, 4.69) is 0 Å². The van der Waals surface area contributed by atoms with Crippen molar-refractivity contribution in [3.63, 3.8) is 0 Å². The highest BCUT2D eigenvalue weighted by molar-refractivity contribution is 8.18. The first-order valence-electron chi connectivity index (χ1n) is 8.84. The van der Waals surface area contributed by atoms with Crippen molar-refractivity contribution in [2.24, 2.45) is 0 Å². The fraction of sp³-hybridized carbons (Fsp3) is 0.238. The zero-order valence-electron chi connectivity index (χ0n) is 15.4. The molecular formula is C21H19Cl2NO3S. The van der Waals surface area contributed by atoms with Crippen molar-refractivity contribution in [3.8, 4) is 5.75 Å². The van der Waals surface area contributed by atoms with Gasteiger partial charge >= 0.3 is 0 Å². The number of amides is 2. The van der Waals surface area contributed by atoms with Crippen molar-refractivity contribution in [3.05, 3.63) is 68.5 Å². The Morgan fingerprint density at radius 1 is 1.11 bits per heavy atom. The quantitative estimate of drug-likeness (QED) is 0.491. The summed E-state index contributed by atoms with van der Waals surface area (Å²) in [6, 6.07) is 12.5. The highest BCUT2D eigenvalue weighted by Crippen LogP contribution is 2.36. The Morgan fingerprint density at radius 3 is 2.46 bits per heavy atom. The van der Waals surface area contributed by atoms with Gasteiger partial charge in [0.05, 0.1) is 17.6 Å². The highest BCUT2D eigenvalue weighted by Gasteiger charge is 2.36. The molecule has 0 N–H and O–H groups in total. The van der Waals surface area contributed by atoms with E-state index in [1.807, 2.05) is 38.1 Å². The molecular weight excluding hydrogens is 417 g/mol. The predicted molar refractivity (Wildman–Crippen MR) is 115 cm³/mol. The van der Waals surface area contributed by atoms with Gasteiger partial charge in [0.15, 0.2) is 0 Å². The summed E-state index contributed by atoms with van der Waals surface area (Å²) in [5.74, 6) is 0.308. The molecule has 0 saturated carbocycles. The van der Waals surface area contributed by atoms with Crippen molar-refractivity contribution in [2.45, 2.75) is 32.9 Å². The van der Waals surface area contributed by atoms with Gasteiger partial charge in [-0.05, 0) is 49.4 Å². The van der Waals surface area contributed by atoms with Gasteiger partial charge in [-0.3, -0.25) is 14.5 Å². The maximum absolute atomic E-state index is 12.8. The topological polar surface area (TPSA) is 46.6 Å². The van der Waals surface area contributed by atoms with E-state index in [0.717, 1.165) is 28.6 Å². The van der Waals surface area contributed by atoms with Crippen molar-refractivity contribution in [1.82, 2.24) is 4.90 Å². The molecule has 1 heterocycles. The van der Waals surface area contributed by atoms with Gasteiger partial charge in [-0.25, -0.2) is 0 Å². The molecule has 0 spiro atoms. The second kappa shape index (κ2) is 9.03. The molecule has 1 aliphatic rings. The third-order valence-corrected chi connectivity index (χ3v) is 5.98. The van der Waals surface area contributed by atoms with E-state index in [1.165, 1.54) is 0 Å². The molecule has 28 heavy (non-hydrogen) atoms. The van der Waals surface area contributed by atoms with Gasteiger partial charge < -0.3 is 4.74 Å². The number of hydrogen-bond donors (Lipinski definition) is 0. The van der Waals surface area contributed by atoms with Gasteiger partial charge in [0.2, 0.25) is 0 Å². The van der Waals surface area contributed by atoms with E-state index in [0.29, 0.717) is 26.3 Å². The molecule has 0 aromatic heterocycles. The molecule has 0 unspecified atom stereocenters. The lowest BCUT2D eigenvalue weighted by Crippen LogP contribution is -2.27. The second-order valence-electron chi connectivity index (χ2n) is 6.34. The zero-order valence-corrected chi connectivity index (χ0v) is 17.8. The first kappa shape index (κ1) is 20.8. The molecule has 4 nitrogen and oxygen atoms in total. The zero-order chi connectivity index (χ0) is 20.3. The van der Waals surface area contributed by atoms with Gasteiger partial charge in [-0.15, -0.1) is 0 Å². The van der Waals surface area contributed by atoms with Crippen LogP contribution in [0.15, 0.2) is 47.4 Å². The number of nitrogens with zero attached hydrogens (tertiary/aromatic N) is 1. The third kappa shape index (κ3) is 4.54. The number of imide groups is 1. The number of carbonyl (C=O) groups is 2. The fourth-order valence-electron chi connectivity index (χ4n) is 2.63. The maximum Gasteiger partial charge on any atom is 0.293 e. The molecule has 0 radical (unpaired) electrons. The highest BCUT2D eigenvalue weighted by atomic mass is 35.5. The lowest BCUT2D eigenvalue weighted by molar-refractivity contribution is -0.123. The van der Waals surface area contributed by atoms with Crippen molar-refractivity contribution in [1.29, 1.82) is 0 Å². The summed E-state index contributed by atoms with van der Waals surface area (Å²) in [6.45, 7) is 4.06. The Morgan fingerprint density at radius 2 is 1.79 bits per heavy atom. The SMILES string of the molecule is CC[C@@H](C)Oc1ccccc1/C=C1\SC(=O)N(Cc2c(Cl)cccc2Cl)C1=O. The summed E-state index contributed by atoms with van der Waals surface area (Å²) in [7, 11) is 0. The Balaban J connectivity index is 1.86. The first-order valence-corrected chi connectivity index (χ1v) is 10.4. The van der Waals surface area contributed by atoms with E-state index in [4.69, 9.17) is 27.9 Å². The normalized spacial score (nSPS) is 16.7. The van der Waals surface area contributed by atoms with Gasteiger partial charge in [0.25, 0.3) is 11.1 Å². The van der Waals surface area contributed by atoms with Crippen LogP contribution in [-0.4, -0.2) is 22.2 Å². The molecule has 0 bridgehead atoms. The lowest BCUT2D eigenvalue weighted by Gasteiger charge is -2.15. The van der Waals surface area contributed by atoms with Crippen LogP contribution in [-0.2, 0) is 11.3 Å². The number of thioether (sulfide) groups is 1. The minimum Gasteiger partial charge on any atom is -0.490 e. The Kier molecular flexibility index (Phi) is 6.70. The smallest absolute Gasteiger partial charge is 0.293 e. The van der Waals surface area contributed by atoms with E-state index in [1.54, 1.807) is 24.3 Å². The van der Waals surface area contributed by atoms with Crippen LogP contribution >= 0.6 is 35.0 Å². The summed E-state index contributed by atoms with van der Waals surface area (Å²) in [5.41, 5.74) is 1.30. The molecule has 2 amide bonds. The van der Waals surface area contributed by atoms with Crippen molar-refractivity contribution < 1.29 is 14.3 Å². The van der Waals surface area contributed by atoms with Crippen LogP contribution in [0, 0.1) is 0 Å². The third-order valence-electron chi connectivity index (χ3n) is 4.36. The monoisotopic (exact) mass is 435 g/mol. The van der Waals surface area contributed by atoms with Gasteiger partial charge in [-0.2, -0.15) is 0 Å². The number of rotatable bonds is 6. The number of para-hydroxylation sites is 1. The summed E-state index contributed by atoms with van der Waals surface area (Å²) >= 11 is 13.3. The molecule has 2 aromatic rings.